The molecule has 0 spiro atoms. The fraction of sp³-hybridized carbons (Fsp3) is 0.174. The summed E-state index contributed by atoms with van der Waals surface area (Å²) in [6.07, 6.45) is 0. The van der Waals surface area contributed by atoms with E-state index >= 15 is 0 Å². The maximum absolute atomic E-state index is 13.5. The normalized spacial score (nSPS) is 11.6. The zero-order chi connectivity index (χ0) is 21.9. The first-order valence-electron chi connectivity index (χ1n) is 9.88. The minimum atomic E-state index is -0.469. The Morgan fingerprint density at radius 3 is 2.29 bits per heavy atom. The number of benzene rings is 2. The average Bonchev–Trinajstić information content (AvgIpc) is 3.27. The molecule has 7 nitrogen and oxygen atoms in total. The van der Waals surface area contributed by atoms with Crippen molar-refractivity contribution in [1.29, 1.82) is 0 Å². The summed E-state index contributed by atoms with van der Waals surface area (Å²) in [5.41, 5.74) is 3.17. The van der Waals surface area contributed by atoms with Gasteiger partial charge in [0.1, 0.15) is 5.82 Å². The minimum Gasteiger partial charge on any atom is -0.283 e. The highest BCUT2D eigenvalue weighted by Crippen LogP contribution is 2.24. The molecule has 3 heterocycles. The maximum Gasteiger partial charge on any atom is 0.332 e. The predicted molar refractivity (Wildman–Crippen MR) is 117 cm³/mol. The van der Waals surface area contributed by atoms with E-state index in [1.54, 1.807) is 23.6 Å². The standard InChI is InChI=1S/C23H20FN5O2/c1-14-15(2)29-19-20(25-22(29)28(14)18-7-5-4-6-8-18)26(3)23(31)27(21(19)30)13-16-9-11-17(24)12-10-16/h4-12H,13H2,1-3H3. The lowest BCUT2D eigenvalue weighted by Gasteiger charge is -2.09. The van der Waals surface area contributed by atoms with Gasteiger partial charge in [-0.2, -0.15) is 4.98 Å². The third-order valence-corrected chi connectivity index (χ3v) is 5.79. The van der Waals surface area contributed by atoms with E-state index in [0.29, 0.717) is 22.5 Å². The van der Waals surface area contributed by atoms with Crippen LogP contribution >= 0.6 is 0 Å². The molecule has 2 aromatic carbocycles. The molecule has 8 heteroatoms. The molecular formula is C23H20FN5O2. The highest BCUT2D eigenvalue weighted by molar-refractivity contribution is 5.77. The third kappa shape index (κ3) is 2.75. The van der Waals surface area contributed by atoms with Crippen LogP contribution in [0.1, 0.15) is 17.0 Å². The van der Waals surface area contributed by atoms with Crippen LogP contribution in [0.2, 0.25) is 0 Å². The molecule has 0 unspecified atom stereocenters. The van der Waals surface area contributed by atoms with Gasteiger partial charge in [-0.15, -0.1) is 0 Å². The number of para-hydroxylation sites is 1. The number of hydrogen-bond acceptors (Lipinski definition) is 3. The van der Waals surface area contributed by atoms with Gasteiger partial charge >= 0.3 is 5.69 Å². The Labute approximate surface area is 176 Å². The lowest BCUT2D eigenvalue weighted by atomic mass is 10.2. The van der Waals surface area contributed by atoms with Crippen molar-refractivity contribution in [3.05, 3.63) is 98.2 Å². The molecule has 0 aliphatic carbocycles. The van der Waals surface area contributed by atoms with Gasteiger partial charge in [-0.25, -0.2) is 9.18 Å². The number of halogens is 1. The molecule has 0 saturated carbocycles. The Morgan fingerprint density at radius 1 is 0.935 bits per heavy atom. The summed E-state index contributed by atoms with van der Waals surface area (Å²) < 4.78 is 19.6. The van der Waals surface area contributed by atoms with Gasteiger partial charge in [-0.3, -0.25) is 22.9 Å². The number of rotatable bonds is 3. The summed E-state index contributed by atoms with van der Waals surface area (Å²) in [4.78, 5) is 31.1. The van der Waals surface area contributed by atoms with Crippen molar-refractivity contribution >= 4 is 16.9 Å². The first kappa shape index (κ1) is 19.0. The molecule has 31 heavy (non-hydrogen) atoms. The molecule has 0 atom stereocenters. The van der Waals surface area contributed by atoms with Crippen LogP contribution in [0, 0.1) is 19.7 Å². The van der Waals surface area contributed by atoms with Crippen LogP contribution in [-0.2, 0) is 13.6 Å². The summed E-state index contributed by atoms with van der Waals surface area (Å²) in [7, 11) is 1.60. The zero-order valence-electron chi connectivity index (χ0n) is 17.3. The molecule has 0 fully saturated rings. The minimum absolute atomic E-state index is 0.0480. The van der Waals surface area contributed by atoms with Crippen molar-refractivity contribution in [3.63, 3.8) is 0 Å². The van der Waals surface area contributed by atoms with Gasteiger partial charge < -0.3 is 0 Å². The number of hydrogen-bond donors (Lipinski definition) is 0. The Morgan fingerprint density at radius 2 is 1.61 bits per heavy atom. The van der Waals surface area contributed by atoms with Crippen molar-refractivity contribution in [1.82, 2.24) is 23.1 Å². The summed E-state index contributed by atoms with van der Waals surface area (Å²) in [6, 6.07) is 15.5. The number of nitrogens with zero attached hydrogens (tertiary/aromatic N) is 5. The summed E-state index contributed by atoms with van der Waals surface area (Å²) >= 11 is 0. The molecule has 0 amide bonds. The van der Waals surface area contributed by atoms with E-state index in [2.05, 4.69) is 4.98 Å². The van der Waals surface area contributed by atoms with E-state index in [1.165, 1.54) is 21.3 Å². The molecule has 5 aromatic rings. The molecule has 5 rings (SSSR count). The van der Waals surface area contributed by atoms with Crippen molar-refractivity contribution in [2.24, 2.45) is 7.05 Å². The topological polar surface area (TPSA) is 66.2 Å². The van der Waals surface area contributed by atoms with Crippen LogP contribution in [0.3, 0.4) is 0 Å². The van der Waals surface area contributed by atoms with E-state index in [0.717, 1.165) is 17.1 Å². The number of fused-ring (bicyclic) bond motifs is 3. The van der Waals surface area contributed by atoms with Crippen molar-refractivity contribution < 1.29 is 4.39 Å². The third-order valence-electron chi connectivity index (χ3n) is 5.79. The van der Waals surface area contributed by atoms with Gasteiger partial charge in [0.15, 0.2) is 11.2 Å². The Hall–Kier alpha value is -3.94. The highest BCUT2D eigenvalue weighted by atomic mass is 19.1. The highest BCUT2D eigenvalue weighted by Gasteiger charge is 2.23. The first-order chi connectivity index (χ1) is 14.9. The molecule has 0 bridgehead atoms. The van der Waals surface area contributed by atoms with Crippen LogP contribution < -0.4 is 11.2 Å². The molecule has 0 aliphatic heterocycles. The summed E-state index contributed by atoms with van der Waals surface area (Å²) in [5, 5.41) is 0. The number of aromatic nitrogens is 5. The fourth-order valence-electron chi connectivity index (χ4n) is 4.05. The second-order valence-electron chi connectivity index (χ2n) is 7.62. The molecule has 0 aliphatic rings. The number of imidazole rings is 2. The zero-order valence-corrected chi connectivity index (χ0v) is 17.3. The van der Waals surface area contributed by atoms with Gasteiger partial charge in [0.2, 0.25) is 5.78 Å². The predicted octanol–water partition coefficient (Wildman–Crippen LogP) is 2.94. The van der Waals surface area contributed by atoms with E-state index in [1.807, 2.05) is 48.7 Å². The molecule has 0 radical (unpaired) electrons. The van der Waals surface area contributed by atoms with Crippen LogP contribution in [-0.4, -0.2) is 23.1 Å². The van der Waals surface area contributed by atoms with E-state index in [4.69, 9.17) is 0 Å². The second kappa shape index (κ2) is 6.80. The van der Waals surface area contributed by atoms with Crippen molar-refractivity contribution in [3.8, 4) is 5.69 Å². The quantitative estimate of drug-likeness (QED) is 0.453. The molecule has 3 aromatic heterocycles. The average molecular weight is 417 g/mol. The van der Waals surface area contributed by atoms with Crippen LogP contribution in [0.4, 0.5) is 4.39 Å². The lowest BCUT2D eigenvalue weighted by molar-refractivity contribution is 0.623. The Bertz CT molecular complexity index is 1570. The van der Waals surface area contributed by atoms with E-state index in [-0.39, 0.29) is 12.4 Å². The van der Waals surface area contributed by atoms with Crippen LogP contribution in [0.15, 0.2) is 64.2 Å². The first-order valence-corrected chi connectivity index (χ1v) is 9.88. The van der Waals surface area contributed by atoms with E-state index in [9.17, 15) is 14.0 Å². The SMILES string of the molecule is Cc1c(C)n2c3c(=O)n(Cc4ccc(F)cc4)c(=O)n(C)c3nc2n1-c1ccccc1. The monoisotopic (exact) mass is 417 g/mol. The van der Waals surface area contributed by atoms with E-state index < -0.39 is 11.2 Å². The van der Waals surface area contributed by atoms with Gasteiger partial charge in [0.05, 0.1) is 6.54 Å². The summed E-state index contributed by atoms with van der Waals surface area (Å²) in [5.74, 6) is 0.202. The fourth-order valence-corrected chi connectivity index (χ4v) is 4.05. The smallest absolute Gasteiger partial charge is 0.283 e. The van der Waals surface area contributed by atoms with Gasteiger partial charge in [0, 0.05) is 24.1 Å². The van der Waals surface area contributed by atoms with Crippen LogP contribution in [0.5, 0.6) is 0 Å². The van der Waals surface area contributed by atoms with Gasteiger partial charge in [-0.1, -0.05) is 30.3 Å². The molecule has 156 valence electrons. The number of aryl methyl sites for hydroxylation is 2. The lowest BCUT2D eigenvalue weighted by Crippen LogP contribution is -2.39. The molecule has 0 saturated heterocycles. The Balaban J connectivity index is 1.84. The van der Waals surface area contributed by atoms with Crippen molar-refractivity contribution in [2.75, 3.05) is 0 Å². The molecular weight excluding hydrogens is 397 g/mol. The Kier molecular flexibility index (Phi) is 4.18. The van der Waals surface area contributed by atoms with Crippen molar-refractivity contribution in [2.45, 2.75) is 20.4 Å². The maximum atomic E-state index is 13.5. The van der Waals surface area contributed by atoms with Gasteiger partial charge in [0.25, 0.3) is 5.56 Å². The van der Waals surface area contributed by atoms with Gasteiger partial charge in [-0.05, 0) is 43.7 Å². The molecule has 0 N–H and O–H groups in total. The largest absolute Gasteiger partial charge is 0.332 e. The van der Waals surface area contributed by atoms with Crippen LogP contribution in [0.25, 0.3) is 22.6 Å². The second-order valence-corrected chi connectivity index (χ2v) is 7.62. The summed E-state index contributed by atoms with van der Waals surface area (Å²) in [6.45, 7) is 3.95.